The molecule has 110 valence electrons. The van der Waals surface area contributed by atoms with Crippen molar-refractivity contribution in [2.75, 3.05) is 32.1 Å². The van der Waals surface area contributed by atoms with Crippen molar-refractivity contribution in [2.45, 2.75) is 5.92 Å². The number of amides is 1. The molecule has 5 nitrogen and oxygen atoms in total. The number of nitrogens with one attached hydrogen (secondary N) is 1. The third-order valence-corrected chi connectivity index (χ3v) is 4.82. The van der Waals surface area contributed by atoms with E-state index in [4.69, 9.17) is 5.73 Å². The highest BCUT2D eigenvalue weighted by molar-refractivity contribution is 7.29. The van der Waals surface area contributed by atoms with Crippen LogP contribution in [0.5, 0.6) is 0 Å². The molecular weight excluding hydrogens is 306 g/mol. The number of carbonyl (C=O) groups excluding carboxylic acids is 1. The fraction of sp³-hybridized carbons (Fsp3) is 0.455. The molecule has 0 atom stereocenters. The molecule has 2 aromatic rings. The first kappa shape index (κ1) is 15.1. The summed E-state index contributed by atoms with van der Waals surface area (Å²) in [6, 6.07) is 1.67. The Labute approximate surface area is 122 Å². The molecule has 2 heterocycles. The van der Waals surface area contributed by atoms with Gasteiger partial charge in [0.15, 0.2) is 5.13 Å². The van der Waals surface area contributed by atoms with E-state index in [1.165, 1.54) is 22.7 Å². The smallest absolute Gasteiger partial charge is 0.277 e. The van der Waals surface area contributed by atoms with Gasteiger partial charge in [-0.05, 0) is 6.07 Å². The van der Waals surface area contributed by atoms with E-state index in [1.54, 1.807) is 6.07 Å². The number of aromatic nitrogens is 1. The van der Waals surface area contributed by atoms with Crippen molar-refractivity contribution in [3.8, 4) is 0 Å². The molecule has 0 fully saturated rings. The van der Waals surface area contributed by atoms with Gasteiger partial charge >= 0.3 is 0 Å². The number of rotatable bonds is 5. The highest BCUT2D eigenvalue weighted by atomic mass is 32.1. The van der Waals surface area contributed by atoms with Crippen LogP contribution in [0.15, 0.2) is 6.07 Å². The lowest BCUT2D eigenvalue weighted by Crippen LogP contribution is -2.41. The van der Waals surface area contributed by atoms with E-state index in [2.05, 4.69) is 10.3 Å². The van der Waals surface area contributed by atoms with E-state index < -0.39 is 24.9 Å². The van der Waals surface area contributed by atoms with Gasteiger partial charge in [0.05, 0.1) is 22.7 Å². The maximum Gasteiger partial charge on any atom is 0.277 e. The summed E-state index contributed by atoms with van der Waals surface area (Å²) < 4.78 is 26.8. The number of thiophene rings is 1. The van der Waals surface area contributed by atoms with Crippen molar-refractivity contribution in [1.29, 1.82) is 0 Å². The number of hydrogen-bond donors (Lipinski definition) is 2. The highest BCUT2D eigenvalue weighted by Gasteiger charge is 2.27. The first-order valence-corrected chi connectivity index (χ1v) is 7.39. The number of halogens is 2. The van der Waals surface area contributed by atoms with Gasteiger partial charge in [-0.2, -0.15) is 0 Å². The predicted octanol–water partition coefficient (Wildman–Crippen LogP) is 1.75. The minimum absolute atomic E-state index is 0.372. The molecule has 0 unspecified atom stereocenters. The number of hydrogen-bond acceptors (Lipinski definition) is 6. The van der Waals surface area contributed by atoms with Crippen molar-refractivity contribution >= 4 is 43.2 Å². The van der Waals surface area contributed by atoms with Gasteiger partial charge in [-0.15, -0.1) is 11.3 Å². The number of thiazole rings is 1. The largest absolute Gasteiger partial charge is 0.354 e. The third kappa shape index (κ3) is 3.22. The Hall–Kier alpha value is -1.32. The van der Waals surface area contributed by atoms with E-state index in [0.29, 0.717) is 4.88 Å². The van der Waals surface area contributed by atoms with Crippen LogP contribution in [-0.2, 0) is 0 Å². The summed E-state index contributed by atoms with van der Waals surface area (Å²) in [5.41, 5.74) is 4.91. The van der Waals surface area contributed by atoms with Gasteiger partial charge in [-0.25, -0.2) is 13.8 Å². The number of fused-ring (bicyclic) bond motifs is 1. The minimum Gasteiger partial charge on any atom is -0.354 e. The quantitative estimate of drug-likeness (QED) is 0.880. The summed E-state index contributed by atoms with van der Waals surface area (Å²) in [6.07, 6.45) is 0. The van der Waals surface area contributed by atoms with Gasteiger partial charge in [0.2, 0.25) is 0 Å². The second kappa shape index (κ2) is 5.58. The topological polar surface area (TPSA) is 71.2 Å². The van der Waals surface area contributed by atoms with Crippen LogP contribution in [-0.4, -0.2) is 44.0 Å². The van der Waals surface area contributed by atoms with Crippen LogP contribution >= 0.6 is 22.7 Å². The number of carbonyl (C=O) groups is 1. The van der Waals surface area contributed by atoms with Gasteiger partial charge < -0.3 is 16.0 Å². The number of anilines is 1. The Balaban J connectivity index is 2.09. The molecule has 9 heteroatoms. The monoisotopic (exact) mass is 320 g/mol. The SMILES string of the molecule is CN(C)c1nc2sc(C(=O)NCC(F)(F)CN)cc2s1. The van der Waals surface area contributed by atoms with Crippen molar-refractivity contribution in [3.05, 3.63) is 10.9 Å². The fourth-order valence-electron chi connectivity index (χ4n) is 1.40. The van der Waals surface area contributed by atoms with Crippen molar-refractivity contribution in [2.24, 2.45) is 5.73 Å². The maximum atomic E-state index is 13.0. The Kier molecular flexibility index (Phi) is 4.21. The summed E-state index contributed by atoms with van der Waals surface area (Å²) in [5, 5.41) is 3.03. The van der Waals surface area contributed by atoms with Gasteiger partial charge in [-0.3, -0.25) is 4.79 Å². The zero-order valence-electron chi connectivity index (χ0n) is 10.9. The normalized spacial score (nSPS) is 11.8. The molecule has 0 bridgehead atoms. The van der Waals surface area contributed by atoms with Crippen LogP contribution in [0, 0.1) is 0 Å². The second-order valence-electron chi connectivity index (χ2n) is 4.41. The molecule has 0 saturated carbocycles. The second-order valence-corrected chi connectivity index (χ2v) is 6.45. The van der Waals surface area contributed by atoms with Crippen LogP contribution in [0.1, 0.15) is 9.67 Å². The first-order chi connectivity index (χ1) is 9.32. The zero-order chi connectivity index (χ0) is 14.9. The lowest BCUT2D eigenvalue weighted by molar-refractivity contribution is 0.0119. The minimum atomic E-state index is -3.08. The Bertz CT molecular complexity index is 591. The molecule has 1 amide bonds. The standard InChI is InChI=1S/C11H14F2N4OS2/c1-17(2)10-16-9-7(20-10)3-6(19-9)8(18)15-5-11(12,13)4-14/h3H,4-5,14H2,1-2H3,(H,15,18). The molecule has 0 aliphatic heterocycles. The number of nitrogens with two attached hydrogens (primary N) is 1. The number of nitrogens with zero attached hydrogens (tertiary/aromatic N) is 2. The van der Waals surface area contributed by atoms with Gasteiger partial charge in [0.25, 0.3) is 11.8 Å². The zero-order valence-corrected chi connectivity index (χ0v) is 12.6. The Morgan fingerprint density at radius 1 is 1.50 bits per heavy atom. The van der Waals surface area contributed by atoms with E-state index in [-0.39, 0.29) is 0 Å². The van der Waals surface area contributed by atoms with E-state index in [1.807, 2.05) is 19.0 Å². The lowest BCUT2D eigenvalue weighted by atomic mass is 10.3. The average molecular weight is 320 g/mol. The third-order valence-electron chi connectivity index (χ3n) is 2.49. The maximum absolute atomic E-state index is 13.0. The molecule has 0 aliphatic carbocycles. The number of alkyl halides is 2. The Morgan fingerprint density at radius 3 is 2.75 bits per heavy atom. The van der Waals surface area contributed by atoms with Gasteiger partial charge in [0.1, 0.15) is 4.83 Å². The Morgan fingerprint density at radius 2 is 2.20 bits per heavy atom. The van der Waals surface area contributed by atoms with E-state index >= 15 is 0 Å². The van der Waals surface area contributed by atoms with E-state index in [9.17, 15) is 13.6 Å². The molecule has 2 aromatic heterocycles. The molecule has 0 spiro atoms. The molecule has 3 N–H and O–H groups in total. The van der Waals surface area contributed by atoms with Crippen LogP contribution < -0.4 is 16.0 Å². The first-order valence-electron chi connectivity index (χ1n) is 5.76. The summed E-state index contributed by atoms with van der Waals surface area (Å²) in [6.45, 7) is -1.55. The van der Waals surface area contributed by atoms with Gasteiger partial charge in [0, 0.05) is 14.1 Å². The van der Waals surface area contributed by atoms with Gasteiger partial charge in [-0.1, -0.05) is 11.3 Å². The highest BCUT2D eigenvalue weighted by Crippen LogP contribution is 2.33. The summed E-state index contributed by atoms with van der Waals surface area (Å²) >= 11 is 2.64. The molecule has 0 saturated heterocycles. The molecule has 0 radical (unpaired) electrons. The molecule has 20 heavy (non-hydrogen) atoms. The summed E-state index contributed by atoms with van der Waals surface area (Å²) in [4.78, 5) is 19.1. The van der Waals surface area contributed by atoms with Crippen molar-refractivity contribution < 1.29 is 13.6 Å². The summed E-state index contributed by atoms with van der Waals surface area (Å²) in [5.74, 6) is -3.61. The van der Waals surface area contributed by atoms with Crippen LogP contribution in [0.4, 0.5) is 13.9 Å². The summed E-state index contributed by atoms with van der Waals surface area (Å²) in [7, 11) is 3.76. The van der Waals surface area contributed by atoms with E-state index in [0.717, 1.165) is 14.7 Å². The lowest BCUT2D eigenvalue weighted by Gasteiger charge is -2.13. The molecule has 0 aromatic carbocycles. The molecule has 2 rings (SSSR count). The predicted molar refractivity (Wildman–Crippen MR) is 78.2 cm³/mol. The molecule has 0 aliphatic rings. The average Bonchev–Trinajstić information content (AvgIpc) is 2.94. The molecular formula is C11H14F2N4OS2. The van der Waals surface area contributed by atoms with Crippen LogP contribution in [0.2, 0.25) is 0 Å². The van der Waals surface area contributed by atoms with Crippen molar-refractivity contribution in [1.82, 2.24) is 10.3 Å². The van der Waals surface area contributed by atoms with Crippen LogP contribution in [0.25, 0.3) is 9.53 Å². The van der Waals surface area contributed by atoms with Crippen molar-refractivity contribution in [3.63, 3.8) is 0 Å². The van der Waals surface area contributed by atoms with Crippen LogP contribution in [0.3, 0.4) is 0 Å². The fourth-order valence-corrected chi connectivity index (χ4v) is 3.45.